The van der Waals surface area contributed by atoms with Crippen LogP contribution in [0.2, 0.25) is 0 Å². The quantitative estimate of drug-likeness (QED) is 0.392. The number of hydrogen-bond acceptors (Lipinski definition) is 7. The van der Waals surface area contributed by atoms with Crippen molar-refractivity contribution >= 4 is 17.4 Å². The van der Waals surface area contributed by atoms with Gasteiger partial charge >= 0.3 is 0 Å². The van der Waals surface area contributed by atoms with Crippen LogP contribution >= 0.6 is 0 Å². The second-order valence-corrected chi connectivity index (χ2v) is 8.60. The zero-order chi connectivity index (χ0) is 23.7. The summed E-state index contributed by atoms with van der Waals surface area (Å²) in [5.74, 6) is 0.225. The monoisotopic (exact) mass is 452 g/mol. The van der Waals surface area contributed by atoms with Gasteiger partial charge in [-0.1, -0.05) is 6.07 Å². The Morgan fingerprint density at radius 1 is 1.12 bits per heavy atom. The van der Waals surface area contributed by atoms with Crippen molar-refractivity contribution in [2.24, 2.45) is 0 Å². The number of likely N-dealkylation sites (tertiary alicyclic amines) is 1. The van der Waals surface area contributed by atoms with E-state index in [0.717, 1.165) is 0 Å². The van der Waals surface area contributed by atoms with Crippen LogP contribution in [0.5, 0.6) is 17.2 Å². The topological polar surface area (TPSA) is 88.5 Å². The maximum absolute atomic E-state index is 13.1. The molecule has 1 saturated heterocycles. The molecule has 2 aliphatic rings. The second-order valence-electron chi connectivity index (χ2n) is 8.60. The van der Waals surface area contributed by atoms with Gasteiger partial charge in [-0.2, -0.15) is 0 Å². The summed E-state index contributed by atoms with van der Waals surface area (Å²) in [5, 5.41) is 11.2. The number of ketones is 1. The third-order valence-electron chi connectivity index (χ3n) is 5.54. The van der Waals surface area contributed by atoms with Crippen molar-refractivity contribution in [1.82, 2.24) is 9.80 Å². The number of amides is 1. The van der Waals surface area contributed by atoms with Gasteiger partial charge in [0, 0.05) is 18.7 Å². The number of aliphatic hydroxyl groups is 1. The predicted octanol–water partition coefficient (Wildman–Crippen LogP) is 3.19. The first kappa shape index (κ1) is 22.7. The molecule has 174 valence electrons. The lowest BCUT2D eigenvalue weighted by molar-refractivity contribution is -0.140. The lowest BCUT2D eigenvalue weighted by Gasteiger charge is -2.26. The van der Waals surface area contributed by atoms with Gasteiger partial charge in [-0.25, -0.2) is 0 Å². The second kappa shape index (κ2) is 9.15. The number of fused-ring (bicyclic) bond motifs is 1. The minimum absolute atomic E-state index is 0.0116. The normalized spacial score (nSPS) is 19.1. The van der Waals surface area contributed by atoms with Crippen LogP contribution in [0.1, 0.15) is 31.0 Å². The molecular weight excluding hydrogens is 424 g/mol. The number of hydrogen-bond donors (Lipinski definition) is 1. The minimum Gasteiger partial charge on any atom is -0.507 e. The molecule has 8 heteroatoms. The Balaban J connectivity index is 1.78. The van der Waals surface area contributed by atoms with E-state index in [1.54, 1.807) is 42.5 Å². The molecule has 1 fully saturated rings. The van der Waals surface area contributed by atoms with Gasteiger partial charge in [-0.05, 0) is 69.9 Å². The summed E-state index contributed by atoms with van der Waals surface area (Å²) in [5.41, 5.74) is 1.15. The molecule has 0 saturated carbocycles. The fourth-order valence-electron chi connectivity index (χ4n) is 3.97. The summed E-state index contributed by atoms with van der Waals surface area (Å²) in [7, 11) is 3.79. The third-order valence-corrected chi connectivity index (χ3v) is 5.54. The molecule has 0 bridgehead atoms. The molecule has 0 radical (unpaired) electrons. The van der Waals surface area contributed by atoms with E-state index in [1.165, 1.54) is 4.90 Å². The summed E-state index contributed by atoms with van der Waals surface area (Å²) in [6, 6.07) is 11.4. The number of rotatable bonds is 7. The third kappa shape index (κ3) is 4.52. The number of nitrogens with zero attached hydrogens (tertiary/aromatic N) is 2. The zero-order valence-corrected chi connectivity index (χ0v) is 19.2. The summed E-state index contributed by atoms with van der Waals surface area (Å²) in [4.78, 5) is 29.5. The van der Waals surface area contributed by atoms with Crippen LogP contribution in [0.25, 0.3) is 5.76 Å². The standard InChI is InChI=1S/C25H28N2O6/c1-15(2)33-18-8-5-16(6-9-18)23(28)21-22(17-7-10-19-20(13-17)32-14-31-19)27(12-11-26(3)4)25(30)24(21)29/h5-10,13,15,22,28H,11-12,14H2,1-4H3/t22-/m1/s1. The van der Waals surface area contributed by atoms with Crippen LogP contribution in [0, 0.1) is 0 Å². The fourth-order valence-corrected chi connectivity index (χ4v) is 3.97. The van der Waals surface area contributed by atoms with E-state index in [0.29, 0.717) is 41.5 Å². The first-order chi connectivity index (χ1) is 15.8. The van der Waals surface area contributed by atoms with Gasteiger partial charge in [-0.3, -0.25) is 9.59 Å². The van der Waals surface area contributed by atoms with E-state index in [-0.39, 0.29) is 24.2 Å². The number of aliphatic hydroxyl groups excluding tert-OH is 1. The smallest absolute Gasteiger partial charge is 0.295 e. The Bertz CT molecular complexity index is 1090. The highest BCUT2D eigenvalue weighted by molar-refractivity contribution is 6.46. The molecule has 0 spiro atoms. The lowest BCUT2D eigenvalue weighted by atomic mass is 9.95. The van der Waals surface area contributed by atoms with Crippen molar-refractivity contribution in [2.75, 3.05) is 34.0 Å². The lowest BCUT2D eigenvalue weighted by Crippen LogP contribution is -2.35. The predicted molar refractivity (Wildman–Crippen MR) is 122 cm³/mol. The molecule has 1 N–H and O–H groups in total. The van der Waals surface area contributed by atoms with Crippen molar-refractivity contribution in [2.45, 2.75) is 26.0 Å². The first-order valence-electron chi connectivity index (χ1n) is 10.9. The van der Waals surface area contributed by atoms with Gasteiger partial charge in [0.1, 0.15) is 11.5 Å². The summed E-state index contributed by atoms with van der Waals surface area (Å²) >= 11 is 0. The van der Waals surface area contributed by atoms with Crippen LogP contribution in [-0.2, 0) is 9.59 Å². The zero-order valence-electron chi connectivity index (χ0n) is 19.2. The minimum atomic E-state index is -0.744. The van der Waals surface area contributed by atoms with Gasteiger partial charge in [0.05, 0.1) is 17.7 Å². The molecule has 4 rings (SSSR count). The number of carbonyl (C=O) groups is 2. The van der Waals surface area contributed by atoms with Gasteiger partial charge in [0.25, 0.3) is 11.7 Å². The Morgan fingerprint density at radius 2 is 1.82 bits per heavy atom. The number of carbonyl (C=O) groups excluding carboxylic acids is 2. The van der Waals surface area contributed by atoms with E-state index in [4.69, 9.17) is 14.2 Å². The molecule has 0 aliphatic carbocycles. The maximum atomic E-state index is 13.1. The van der Waals surface area contributed by atoms with Crippen molar-refractivity contribution < 1.29 is 28.9 Å². The van der Waals surface area contributed by atoms with Crippen molar-refractivity contribution in [3.05, 3.63) is 59.2 Å². The molecule has 2 aliphatic heterocycles. The van der Waals surface area contributed by atoms with Gasteiger partial charge in [0.15, 0.2) is 11.5 Å². The average Bonchev–Trinajstić information content (AvgIpc) is 3.34. The molecule has 2 aromatic rings. The number of Topliss-reactive ketones (excluding diaryl/α,β-unsaturated/α-hetero) is 1. The van der Waals surface area contributed by atoms with E-state index in [9.17, 15) is 14.7 Å². The Hall–Kier alpha value is -3.52. The average molecular weight is 453 g/mol. The molecule has 1 amide bonds. The van der Waals surface area contributed by atoms with Crippen LogP contribution in [0.3, 0.4) is 0 Å². The van der Waals surface area contributed by atoms with E-state index in [2.05, 4.69) is 0 Å². The molecule has 8 nitrogen and oxygen atoms in total. The largest absolute Gasteiger partial charge is 0.507 e. The Labute approximate surface area is 193 Å². The van der Waals surface area contributed by atoms with E-state index in [1.807, 2.05) is 32.8 Å². The number of benzene rings is 2. The van der Waals surface area contributed by atoms with E-state index >= 15 is 0 Å². The highest BCUT2D eigenvalue weighted by Gasteiger charge is 2.46. The fraction of sp³-hybridized carbons (Fsp3) is 0.360. The SMILES string of the molecule is CC(C)Oc1ccc(C(O)=C2C(=O)C(=O)N(CCN(C)C)[C@@H]2c2ccc3c(c2)OCO3)cc1. The van der Waals surface area contributed by atoms with Crippen molar-refractivity contribution in [3.8, 4) is 17.2 Å². The Morgan fingerprint density at radius 3 is 2.48 bits per heavy atom. The molecule has 0 unspecified atom stereocenters. The van der Waals surface area contributed by atoms with Gasteiger partial charge in [-0.15, -0.1) is 0 Å². The number of ether oxygens (including phenoxy) is 3. The highest BCUT2D eigenvalue weighted by Crippen LogP contribution is 2.43. The molecule has 2 aromatic carbocycles. The van der Waals surface area contributed by atoms with Crippen LogP contribution in [-0.4, -0.2) is 66.7 Å². The molecule has 2 heterocycles. The molecule has 33 heavy (non-hydrogen) atoms. The molecular formula is C25H28N2O6. The van der Waals surface area contributed by atoms with Crippen molar-refractivity contribution in [3.63, 3.8) is 0 Å². The highest BCUT2D eigenvalue weighted by atomic mass is 16.7. The van der Waals surface area contributed by atoms with Gasteiger partial charge < -0.3 is 29.1 Å². The van der Waals surface area contributed by atoms with Crippen LogP contribution in [0.4, 0.5) is 0 Å². The Kier molecular flexibility index (Phi) is 6.29. The molecule has 1 atom stereocenters. The summed E-state index contributed by atoms with van der Waals surface area (Å²) in [6.07, 6.45) is 0.0116. The van der Waals surface area contributed by atoms with Crippen molar-refractivity contribution in [1.29, 1.82) is 0 Å². The van der Waals surface area contributed by atoms with E-state index < -0.39 is 17.7 Å². The summed E-state index contributed by atoms with van der Waals surface area (Å²) < 4.78 is 16.6. The number of likely N-dealkylation sites (N-methyl/N-ethyl adjacent to an activating group) is 1. The maximum Gasteiger partial charge on any atom is 0.295 e. The molecule has 0 aromatic heterocycles. The first-order valence-corrected chi connectivity index (χ1v) is 10.9. The van der Waals surface area contributed by atoms with Crippen LogP contribution in [0.15, 0.2) is 48.0 Å². The summed E-state index contributed by atoms with van der Waals surface area (Å²) in [6.45, 7) is 4.86. The van der Waals surface area contributed by atoms with Crippen LogP contribution < -0.4 is 14.2 Å². The van der Waals surface area contributed by atoms with Gasteiger partial charge in [0.2, 0.25) is 6.79 Å².